The lowest BCUT2D eigenvalue weighted by molar-refractivity contribution is 0.102. The summed E-state index contributed by atoms with van der Waals surface area (Å²) in [6.45, 7) is 3.75. The van der Waals surface area contributed by atoms with Crippen LogP contribution in [0.2, 0.25) is 0 Å². The zero-order valence-corrected chi connectivity index (χ0v) is 16.6. The predicted molar refractivity (Wildman–Crippen MR) is 111 cm³/mol. The molecule has 1 atom stereocenters. The standard InChI is InChI=1S/C21H19N5O2S/c1-13(14-4-5-19-16(9-14)23-12-29-19)26-8-6-18-17(11-26)24-21(28-18)25-20(27)15-3-2-7-22-10-15/h2-5,7,9-10,12-13H,6,8,11H2,1H3,(H,24,25,27). The van der Waals surface area contributed by atoms with Gasteiger partial charge in [-0.05, 0) is 36.8 Å². The fourth-order valence-electron chi connectivity index (χ4n) is 3.61. The van der Waals surface area contributed by atoms with E-state index in [2.05, 4.69) is 50.3 Å². The molecule has 4 aromatic rings. The molecule has 8 heteroatoms. The van der Waals surface area contributed by atoms with Crippen molar-refractivity contribution in [2.45, 2.75) is 25.9 Å². The summed E-state index contributed by atoms with van der Waals surface area (Å²) in [5, 5.41) is 2.73. The van der Waals surface area contributed by atoms with Crippen molar-refractivity contribution >= 4 is 33.5 Å². The van der Waals surface area contributed by atoms with Crippen LogP contribution in [-0.4, -0.2) is 32.3 Å². The van der Waals surface area contributed by atoms with E-state index in [1.54, 1.807) is 29.7 Å². The molecule has 1 unspecified atom stereocenters. The molecule has 1 amide bonds. The summed E-state index contributed by atoms with van der Waals surface area (Å²) in [5.41, 5.74) is 5.50. The first kappa shape index (κ1) is 18.0. The van der Waals surface area contributed by atoms with E-state index in [4.69, 9.17) is 4.42 Å². The fourth-order valence-corrected chi connectivity index (χ4v) is 4.27. The van der Waals surface area contributed by atoms with Crippen LogP contribution in [0.25, 0.3) is 10.2 Å². The van der Waals surface area contributed by atoms with Gasteiger partial charge < -0.3 is 4.42 Å². The van der Waals surface area contributed by atoms with Gasteiger partial charge in [0.15, 0.2) is 0 Å². The highest BCUT2D eigenvalue weighted by atomic mass is 32.1. The first-order chi connectivity index (χ1) is 14.2. The van der Waals surface area contributed by atoms with Crippen molar-refractivity contribution in [3.8, 4) is 0 Å². The summed E-state index contributed by atoms with van der Waals surface area (Å²) in [6.07, 6.45) is 3.90. The van der Waals surface area contributed by atoms with Gasteiger partial charge >= 0.3 is 6.01 Å². The van der Waals surface area contributed by atoms with Gasteiger partial charge in [-0.25, -0.2) is 4.98 Å². The highest BCUT2D eigenvalue weighted by Gasteiger charge is 2.27. The van der Waals surface area contributed by atoms with Gasteiger partial charge in [-0.1, -0.05) is 6.07 Å². The number of rotatable bonds is 4. The van der Waals surface area contributed by atoms with Crippen LogP contribution in [0.5, 0.6) is 0 Å². The van der Waals surface area contributed by atoms with Crippen LogP contribution in [0.15, 0.2) is 52.7 Å². The number of benzene rings is 1. The third-order valence-electron chi connectivity index (χ3n) is 5.29. The van der Waals surface area contributed by atoms with Gasteiger partial charge in [-0.15, -0.1) is 11.3 Å². The van der Waals surface area contributed by atoms with E-state index >= 15 is 0 Å². The van der Waals surface area contributed by atoms with Gasteiger partial charge in [0.1, 0.15) is 5.76 Å². The molecule has 146 valence electrons. The molecular weight excluding hydrogens is 386 g/mol. The van der Waals surface area contributed by atoms with Crippen LogP contribution >= 0.6 is 11.3 Å². The topological polar surface area (TPSA) is 84.2 Å². The third kappa shape index (κ3) is 3.52. The number of fused-ring (bicyclic) bond motifs is 2. The predicted octanol–water partition coefficient (Wildman–Crippen LogP) is 4.05. The van der Waals surface area contributed by atoms with Gasteiger partial charge in [0, 0.05) is 37.9 Å². The average molecular weight is 405 g/mol. The van der Waals surface area contributed by atoms with Crippen molar-refractivity contribution in [1.82, 2.24) is 19.9 Å². The quantitative estimate of drug-likeness (QED) is 0.551. The summed E-state index contributed by atoms with van der Waals surface area (Å²) in [7, 11) is 0. The van der Waals surface area contributed by atoms with Crippen molar-refractivity contribution in [1.29, 1.82) is 0 Å². The number of hydrogen-bond acceptors (Lipinski definition) is 7. The molecule has 0 bridgehead atoms. The Labute approximate surface area is 171 Å². The first-order valence-corrected chi connectivity index (χ1v) is 10.3. The van der Waals surface area contributed by atoms with Crippen molar-refractivity contribution < 1.29 is 9.21 Å². The Balaban J connectivity index is 1.31. The minimum Gasteiger partial charge on any atom is -0.428 e. The molecule has 0 spiro atoms. The number of amides is 1. The smallest absolute Gasteiger partial charge is 0.302 e. The molecule has 0 fully saturated rings. The highest BCUT2D eigenvalue weighted by Crippen LogP contribution is 2.30. The maximum atomic E-state index is 12.3. The number of oxazole rings is 1. The van der Waals surface area contributed by atoms with E-state index in [1.165, 1.54) is 16.5 Å². The van der Waals surface area contributed by atoms with E-state index < -0.39 is 0 Å². The third-order valence-corrected chi connectivity index (χ3v) is 6.10. The van der Waals surface area contributed by atoms with Crippen molar-refractivity contribution in [3.63, 3.8) is 0 Å². The Morgan fingerprint density at radius 1 is 1.34 bits per heavy atom. The number of pyridine rings is 1. The van der Waals surface area contributed by atoms with Gasteiger partial charge in [-0.3, -0.25) is 20.0 Å². The van der Waals surface area contributed by atoms with Crippen LogP contribution in [0.1, 0.15) is 40.3 Å². The first-order valence-electron chi connectivity index (χ1n) is 9.44. The second-order valence-electron chi connectivity index (χ2n) is 7.06. The zero-order valence-electron chi connectivity index (χ0n) is 15.8. The lowest BCUT2D eigenvalue weighted by atomic mass is 10.0. The summed E-state index contributed by atoms with van der Waals surface area (Å²) < 4.78 is 6.98. The maximum absolute atomic E-state index is 12.3. The molecule has 4 heterocycles. The van der Waals surface area contributed by atoms with Crippen molar-refractivity contribution in [2.75, 3.05) is 11.9 Å². The number of carbonyl (C=O) groups excluding carboxylic acids is 1. The summed E-state index contributed by atoms with van der Waals surface area (Å²) in [5.74, 6) is 0.559. The summed E-state index contributed by atoms with van der Waals surface area (Å²) in [6, 6.07) is 10.4. The molecule has 3 aromatic heterocycles. The molecule has 7 nitrogen and oxygen atoms in total. The molecule has 5 rings (SSSR count). The minimum absolute atomic E-state index is 0.236. The van der Waals surface area contributed by atoms with Crippen LogP contribution < -0.4 is 5.32 Å². The van der Waals surface area contributed by atoms with Crippen molar-refractivity contribution in [2.24, 2.45) is 0 Å². The van der Waals surface area contributed by atoms with Gasteiger partial charge in [0.05, 0.1) is 27.0 Å². The molecule has 0 saturated heterocycles. The molecule has 1 aliphatic rings. The molecule has 0 aliphatic carbocycles. The number of aromatic nitrogens is 3. The van der Waals surface area contributed by atoms with Crippen LogP contribution in [0, 0.1) is 0 Å². The summed E-state index contributed by atoms with van der Waals surface area (Å²) in [4.78, 5) is 27.6. The van der Waals surface area contributed by atoms with E-state index in [0.29, 0.717) is 12.1 Å². The number of nitrogens with one attached hydrogen (secondary N) is 1. The largest absolute Gasteiger partial charge is 0.428 e. The molecule has 0 radical (unpaired) electrons. The van der Waals surface area contributed by atoms with E-state index in [-0.39, 0.29) is 18.0 Å². The maximum Gasteiger partial charge on any atom is 0.302 e. The molecule has 0 saturated carbocycles. The number of thiazole rings is 1. The zero-order chi connectivity index (χ0) is 19.8. The Bertz CT molecular complexity index is 1170. The lowest BCUT2D eigenvalue weighted by Crippen LogP contribution is -2.32. The lowest BCUT2D eigenvalue weighted by Gasteiger charge is -2.31. The van der Waals surface area contributed by atoms with E-state index in [0.717, 1.165) is 29.9 Å². The Morgan fingerprint density at radius 2 is 2.28 bits per heavy atom. The molecular formula is C21H19N5O2S. The fraction of sp³-hybridized carbons (Fsp3) is 0.238. The average Bonchev–Trinajstić information content (AvgIpc) is 3.38. The van der Waals surface area contributed by atoms with Crippen LogP contribution in [0.4, 0.5) is 6.01 Å². The number of hydrogen-bond donors (Lipinski definition) is 1. The molecule has 1 aliphatic heterocycles. The Morgan fingerprint density at radius 3 is 3.14 bits per heavy atom. The Hall–Kier alpha value is -3.10. The Kier molecular flexibility index (Phi) is 4.57. The molecule has 29 heavy (non-hydrogen) atoms. The van der Waals surface area contributed by atoms with E-state index in [9.17, 15) is 4.79 Å². The number of carbonyl (C=O) groups is 1. The van der Waals surface area contributed by atoms with E-state index in [1.807, 2.05) is 5.51 Å². The monoisotopic (exact) mass is 405 g/mol. The van der Waals surface area contributed by atoms with Gasteiger partial charge in [0.25, 0.3) is 5.91 Å². The second kappa shape index (κ2) is 7.38. The van der Waals surface area contributed by atoms with Crippen LogP contribution in [-0.2, 0) is 13.0 Å². The van der Waals surface area contributed by atoms with Gasteiger partial charge in [0.2, 0.25) is 0 Å². The summed E-state index contributed by atoms with van der Waals surface area (Å²) >= 11 is 1.65. The second-order valence-corrected chi connectivity index (χ2v) is 7.95. The van der Waals surface area contributed by atoms with Crippen LogP contribution in [0.3, 0.4) is 0 Å². The molecule has 1 N–H and O–H groups in total. The highest BCUT2D eigenvalue weighted by molar-refractivity contribution is 7.16. The number of anilines is 1. The van der Waals surface area contributed by atoms with Crippen molar-refractivity contribution in [3.05, 3.63) is 70.8 Å². The minimum atomic E-state index is -0.279. The SMILES string of the molecule is CC(c1ccc2scnc2c1)N1CCc2oc(NC(=O)c3cccnc3)nc2C1. The normalized spacial score (nSPS) is 15.2. The molecule has 1 aromatic carbocycles. The van der Waals surface area contributed by atoms with Gasteiger partial charge in [-0.2, -0.15) is 4.98 Å². The number of nitrogens with zero attached hydrogens (tertiary/aromatic N) is 4.